The first-order chi connectivity index (χ1) is 27.8. The summed E-state index contributed by atoms with van der Waals surface area (Å²) < 4.78 is 13.4. The molecule has 0 unspecified atom stereocenters. The Hall–Kier alpha value is -7.70. The Balaban J connectivity index is 1.12. The predicted molar refractivity (Wildman–Crippen MR) is 228 cm³/mol. The van der Waals surface area contributed by atoms with E-state index in [2.05, 4.69) is 155 Å². The van der Waals surface area contributed by atoms with Crippen LogP contribution in [-0.4, -0.2) is 24.1 Å². The van der Waals surface area contributed by atoms with E-state index in [1.165, 1.54) is 5.39 Å². The Labute approximate surface area is 320 Å². The third kappa shape index (κ3) is 4.38. The number of benzene rings is 8. The molecule has 0 spiro atoms. The molecule has 262 valence electrons. The molecule has 0 aliphatic heterocycles. The van der Waals surface area contributed by atoms with Crippen molar-refractivity contribution in [1.29, 1.82) is 0 Å². The van der Waals surface area contributed by atoms with Gasteiger partial charge in [-0.3, -0.25) is 0 Å². The first-order valence-electron chi connectivity index (χ1n) is 18.9. The van der Waals surface area contributed by atoms with Crippen molar-refractivity contribution in [1.82, 2.24) is 24.1 Å². The Morgan fingerprint density at radius 3 is 1.79 bits per heavy atom. The van der Waals surface area contributed by atoms with Crippen LogP contribution >= 0.6 is 0 Å². The summed E-state index contributed by atoms with van der Waals surface area (Å²) in [5.41, 5.74) is 13.3. The van der Waals surface area contributed by atoms with E-state index < -0.39 is 0 Å². The lowest BCUT2D eigenvalue weighted by Crippen LogP contribution is -2.03. The summed E-state index contributed by atoms with van der Waals surface area (Å²) in [5, 5.41) is 16.3. The van der Waals surface area contributed by atoms with Gasteiger partial charge in [-0.05, 0) is 66.7 Å². The van der Waals surface area contributed by atoms with Crippen LogP contribution in [0, 0.1) is 0 Å². The topological polar surface area (TPSA) is 53.7 Å². The minimum absolute atomic E-state index is 0.841. The van der Waals surface area contributed by atoms with Gasteiger partial charge in [-0.2, -0.15) is 0 Å². The number of para-hydroxylation sites is 6. The van der Waals surface area contributed by atoms with Crippen molar-refractivity contribution < 1.29 is 4.42 Å². The molecule has 6 heteroatoms. The molecule has 4 aromatic heterocycles. The van der Waals surface area contributed by atoms with Gasteiger partial charge in [-0.1, -0.05) is 127 Å². The van der Waals surface area contributed by atoms with E-state index in [9.17, 15) is 0 Å². The van der Waals surface area contributed by atoms with Gasteiger partial charge in [0.2, 0.25) is 0 Å². The van der Waals surface area contributed by atoms with Gasteiger partial charge in [0, 0.05) is 38.1 Å². The maximum Gasteiger partial charge on any atom is 0.145 e. The fourth-order valence-electron chi connectivity index (χ4n) is 8.80. The van der Waals surface area contributed by atoms with Crippen LogP contribution < -0.4 is 0 Å². The zero-order valence-corrected chi connectivity index (χ0v) is 30.0. The average molecular weight is 718 g/mol. The van der Waals surface area contributed by atoms with Crippen molar-refractivity contribution in [2.45, 2.75) is 0 Å². The lowest BCUT2D eigenvalue weighted by molar-refractivity contribution is 0.673. The van der Waals surface area contributed by atoms with Gasteiger partial charge in [0.15, 0.2) is 0 Å². The third-order valence-corrected chi connectivity index (χ3v) is 11.2. The van der Waals surface area contributed by atoms with E-state index in [0.717, 1.165) is 99.7 Å². The van der Waals surface area contributed by atoms with Gasteiger partial charge in [-0.15, -0.1) is 5.10 Å². The molecule has 6 nitrogen and oxygen atoms in total. The highest BCUT2D eigenvalue weighted by atomic mass is 16.3. The minimum atomic E-state index is 0.841. The molecule has 0 amide bonds. The third-order valence-electron chi connectivity index (χ3n) is 11.2. The van der Waals surface area contributed by atoms with Crippen LogP contribution in [0.25, 0.3) is 105 Å². The highest BCUT2D eigenvalue weighted by Crippen LogP contribution is 2.43. The van der Waals surface area contributed by atoms with E-state index in [-0.39, 0.29) is 0 Å². The highest BCUT2D eigenvalue weighted by molar-refractivity contribution is 6.24. The second kappa shape index (κ2) is 11.9. The molecule has 0 aliphatic carbocycles. The number of rotatable bonds is 5. The number of aromatic nitrogens is 5. The Morgan fingerprint density at radius 1 is 0.411 bits per heavy atom. The summed E-state index contributed by atoms with van der Waals surface area (Å²) in [6.07, 6.45) is 0. The van der Waals surface area contributed by atoms with Crippen LogP contribution in [0.2, 0.25) is 0 Å². The van der Waals surface area contributed by atoms with Crippen molar-refractivity contribution in [3.05, 3.63) is 188 Å². The largest absolute Gasteiger partial charge is 0.455 e. The van der Waals surface area contributed by atoms with Crippen molar-refractivity contribution in [3.8, 4) is 39.6 Å². The number of furan rings is 1. The quantitative estimate of drug-likeness (QED) is 0.178. The fourth-order valence-corrected chi connectivity index (χ4v) is 8.80. The van der Waals surface area contributed by atoms with Crippen LogP contribution in [0.1, 0.15) is 0 Å². The summed E-state index contributed by atoms with van der Waals surface area (Å²) in [4.78, 5) is 0. The number of hydrogen-bond acceptors (Lipinski definition) is 3. The molecule has 0 saturated heterocycles. The maximum absolute atomic E-state index is 6.63. The molecule has 0 radical (unpaired) electrons. The normalized spacial score (nSPS) is 11.9. The molecule has 56 heavy (non-hydrogen) atoms. The summed E-state index contributed by atoms with van der Waals surface area (Å²) >= 11 is 0. The van der Waals surface area contributed by atoms with E-state index >= 15 is 0 Å². The van der Waals surface area contributed by atoms with Crippen LogP contribution in [0.15, 0.2) is 192 Å². The molecule has 8 aromatic carbocycles. The maximum atomic E-state index is 6.63. The standard InChI is InChI=1S/C50H31N5O/c1-3-15-32(16-4-1)48-49(55(52-51-48)34-17-5-2-6-18-34)33-27-29-42-39(31-33)35-19-7-10-22-40(35)53(42)43-24-12-13-25-44(43)54-41-23-11-8-21-38(41)47-45(54)30-28-37-36-20-9-14-26-46(36)56-50(37)47/h1-31H. The van der Waals surface area contributed by atoms with Crippen molar-refractivity contribution >= 4 is 65.6 Å². The molecule has 0 N–H and O–H groups in total. The second-order valence-electron chi connectivity index (χ2n) is 14.3. The predicted octanol–water partition coefficient (Wildman–Crippen LogP) is 12.7. The zero-order valence-electron chi connectivity index (χ0n) is 30.0. The Bertz CT molecular complexity index is 3420. The monoisotopic (exact) mass is 717 g/mol. The molecule has 0 saturated carbocycles. The second-order valence-corrected chi connectivity index (χ2v) is 14.3. The minimum Gasteiger partial charge on any atom is -0.455 e. The molecule has 0 bridgehead atoms. The Morgan fingerprint density at radius 2 is 1.00 bits per heavy atom. The number of nitrogens with zero attached hydrogens (tertiary/aromatic N) is 5. The summed E-state index contributed by atoms with van der Waals surface area (Å²) in [7, 11) is 0. The van der Waals surface area contributed by atoms with Gasteiger partial charge in [-0.25, -0.2) is 4.68 Å². The molecule has 4 heterocycles. The van der Waals surface area contributed by atoms with Gasteiger partial charge in [0.05, 0.1) is 44.5 Å². The average Bonchev–Trinajstić information content (AvgIpc) is 4.03. The SMILES string of the molecule is c1ccc(-c2nnn(-c3ccccc3)c2-c2ccc3c(c2)c2ccccc2n3-c2ccccc2-n2c3ccccc3c3c4oc5ccccc5c4ccc32)cc1. The summed E-state index contributed by atoms with van der Waals surface area (Å²) in [6, 6.07) is 66.2. The first kappa shape index (κ1) is 30.7. The van der Waals surface area contributed by atoms with Crippen LogP contribution in [0.4, 0.5) is 0 Å². The van der Waals surface area contributed by atoms with E-state index in [0.29, 0.717) is 0 Å². The van der Waals surface area contributed by atoms with Gasteiger partial charge in [0.1, 0.15) is 22.6 Å². The molecule has 12 aromatic rings. The highest BCUT2D eigenvalue weighted by Gasteiger charge is 2.23. The van der Waals surface area contributed by atoms with Crippen LogP contribution in [-0.2, 0) is 0 Å². The van der Waals surface area contributed by atoms with Gasteiger partial charge in [0.25, 0.3) is 0 Å². The fraction of sp³-hybridized carbons (Fsp3) is 0. The van der Waals surface area contributed by atoms with Crippen molar-refractivity contribution in [2.24, 2.45) is 0 Å². The molecular formula is C50H31N5O. The van der Waals surface area contributed by atoms with Crippen molar-refractivity contribution in [2.75, 3.05) is 0 Å². The lowest BCUT2D eigenvalue weighted by atomic mass is 10.0. The van der Waals surface area contributed by atoms with Crippen molar-refractivity contribution in [3.63, 3.8) is 0 Å². The molecule has 12 rings (SSSR count). The number of fused-ring (bicyclic) bond motifs is 10. The lowest BCUT2D eigenvalue weighted by Gasteiger charge is -2.16. The molecule has 0 aliphatic rings. The smallest absolute Gasteiger partial charge is 0.145 e. The molecule has 0 atom stereocenters. The summed E-state index contributed by atoms with van der Waals surface area (Å²) in [6.45, 7) is 0. The molecule has 0 fully saturated rings. The van der Waals surface area contributed by atoms with Gasteiger partial charge >= 0.3 is 0 Å². The van der Waals surface area contributed by atoms with E-state index in [1.54, 1.807) is 0 Å². The zero-order chi connectivity index (χ0) is 36.7. The van der Waals surface area contributed by atoms with Gasteiger partial charge < -0.3 is 13.6 Å². The van der Waals surface area contributed by atoms with E-state index in [4.69, 9.17) is 14.7 Å². The summed E-state index contributed by atoms with van der Waals surface area (Å²) in [5.74, 6) is 0. The molecular weight excluding hydrogens is 687 g/mol. The van der Waals surface area contributed by atoms with Crippen LogP contribution in [0.3, 0.4) is 0 Å². The van der Waals surface area contributed by atoms with E-state index in [1.807, 2.05) is 47.1 Å². The first-order valence-corrected chi connectivity index (χ1v) is 18.9. The number of hydrogen-bond donors (Lipinski definition) is 0. The Kier molecular flexibility index (Phi) is 6.53. The van der Waals surface area contributed by atoms with Crippen LogP contribution in [0.5, 0.6) is 0 Å².